The average molecular weight is 903 g/mol. The number of nitrogens with zero attached hydrogens (tertiary/aromatic N) is 4. The van der Waals surface area contributed by atoms with Gasteiger partial charge in [0.05, 0.1) is 24.5 Å². The molecule has 352 valence electrons. The number of benzene rings is 2. The van der Waals surface area contributed by atoms with Gasteiger partial charge in [-0.15, -0.1) is 0 Å². The van der Waals surface area contributed by atoms with Crippen LogP contribution in [0, 0.1) is 17.3 Å². The van der Waals surface area contributed by atoms with Gasteiger partial charge in [-0.1, -0.05) is 53.7 Å². The molecule has 66 heavy (non-hydrogen) atoms. The van der Waals surface area contributed by atoms with Gasteiger partial charge in [0.15, 0.2) is 0 Å². The summed E-state index contributed by atoms with van der Waals surface area (Å²) in [6.07, 6.45) is 5.56. The SMILES string of the molecule is CCn1c(-c2cccnc2C(C)C)c2c3cc(ccc31)-c1cc(O)cc(c1)C[C@H](NC(=O)[C@H](C(C)C)N(C)C(=O)CNC(=O)[C@@H]1N[C@@H]1C1CC1)C(=O)N1CCC[C@H](N1)C(=O)OCC(C)(C)C2. The normalized spacial score (nSPS) is 22.4. The lowest BCUT2D eigenvalue weighted by molar-refractivity contribution is -0.155. The third-order valence-corrected chi connectivity index (χ3v) is 13.6. The second-order valence-electron chi connectivity index (χ2n) is 20.2. The molecule has 5 N–H and O–H groups in total. The lowest BCUT2D eigenvalue weighted by Crippen LogP contribution is -2.62. The van der Waals surface area contributed by atoms with Crippen LogP contribution in [0.5, 0.6) is 5.75 Å². The van der Waals surface area contributed by atoms with E-state index in [0.29, 0.717) is 37.3 Å². The molecule has 5 heterocycles. The molecule has 2 aromatic carbocycles. The Kier molecular flexibility index (Phi) is 13.3. The highest BCUT2D eigenvalue weighted by Crippen LogP contribution is 2.42. The molecule has 15 nitrogen and oxygen atoms in total. The van der Waals surface area contributed by atoms with Crippen LogP contribution in [-0.4, -0.2) is 111 Å². The van der Waals surface area contributed by atoms with E-state index in [9.17, 15) is 29.1 Å². The van der Waals surface area contributed by atoms with Gasteiger partial charge < -0.3 is 29.9 Å². The number of hydrogen-bond acceptors (Lipinski definition) is 10. The molecule has 1 saturated carbocycles. The van der Waals surface area contributed by atoms with Crippen molar-refractivity contribution in [3.8, 4) is 28.1 Å². The molecule has 2 saturated heterocycles. The first-order chi connectivity index (χ1) is 31.4. The van der Waals surface area contributed by atoms with Crippen LogP contribution in [0.4, 0.5) is 0 Å². The van der Waals surface area contributed by atoms with Crippen molar-refractivity contribution in [2.45, 2.75) is 130 Å². The van der Waals surface area contributed by atoms with E-state index >= 15 is 0 Å². The number of esters is 1. The molecule has 15 heteroatoms. The number of aromatic nitrogens is 2. The third-order valence-electron chi connectivity index (χ3n) is 13.6. The molecule has 2 aromatic heterocycles. The number of hydrogen-bond donors (Lipinski definition) is 5. The predicted molar refractivity (Wildman–Crippen MR) is 252 cm³/mol. The zero-order valence-electron chi connectivity index (χ0n) is 39.6. The van der Waals surface area contributed by atoms with Crippen molar-refractivity contribution in [3.63, 3.8) is 0 Å². The highest BCUT2D eigenvalue weighted by Gasteiger charge is 2.51. The fourth-order valence-corrected chi connectivity index (χ4v) is 10.1. The molecule has 0 radical (unpaired) electrons. The number of hydrazine groups is 1. The molecule has 3 fully saturated rings. The number of amides is 4. The Morgan fingerprint density at radius 3 is 2.52 bits per heavy atom. The summed E-state index contributed by atoms with van der Waals surface area (Å²) in [6.45, 7) is 15.1. The third kappa shape index (κ3) is 9.83. The standard InChI is InChI=1S/C51H66N8O7/c1-9-58-40-17-16-32-24-36(40)37(46(58)35-12-10-18-52-42(35)28(2)3)25-51(6,7)27-66-50(65)38-13-11-19-59(56-38)49(64)39(22-30-20-33(32)23-34(60)21-30)54-48(63)45(29(4)5)57(8)41(61)26-53-47(62)44-43(55-44)31-14-15-31/h10,12,16-18,20-21,23-24,28-29,31,38-39,43-45,55-56,60H,9,11,13-15,19,22,25-27H2,1-8H3,(H,53,62)(H,54,63)/t38-,39-,43+,44+,45-/m0/s1. The van der Waals surface area contributed by atoms with Crippen LogP contribution < -0.4 is 21.4 Å². The molecule has 3 aliphatic heterocycles. The number of cyclic esters (lactones) is 1. The number of nitrogens with one attached hydrogen (secondary N) is 4. The zero-order valence-corrected chi connectivity index (χ0v) is 39.6. The number of aromatic hydroxyl groups is 1. The first kappa shape index (κ1) is 46.7. The summed E-state index contributed by atoms with van der Waals surface area (Å²) in [4.78, 5) is 75.5. The molecule has 0 unspecified atom stereocenters. The van der Waals surface area contributed by atoms with Crippen LogP contribution in [0.15, 0.2) is 54.7 Å². The van der Waals surface area contributed by atoms with E-state index in [-0.39, 0.29) is 61.7 Å². The van der Waals surface area contributed by atoms with Gasteiger partial charge in [-0.05, 0) is 115 Å². The number of pyridine rings is 1. The first-order valence-electron chi connectivity index (χ1n) is 23.7. The van der Waals surface area contributed by atoms with Gasteiger partial charge in [-0.2, -0.15) is 0 Å². The second-order valence-corrected chi connectivity index (χ2v) is 20.2. The molecule has 6 bridgehead atoms. The summed E-state index contributed by atoms with van der Waals surface area (Å²) in [5, 5.41) is 22.6. The minimum atomic E-state index is -1.16. The summed E-state index contributed by atoms with van der Waals surface area (Å²) in [6, 6.07) is 12.5. The molecule has 0 spiro atoms. The number of carbonyl (C=O) groups is 5. The van der Waals surface area contributed by atoms with Gasteiger partial charge >= 0.3 is 5.97 Å². The Balaban J connectivity index is 1.15. The van der Waals surface area contributed by atoms with Crippen LogP contribution in [0.1, 0.15) is 96.9 Å². The molecular formula is C51H66N8O7. The maximum Gasteiger partial charge on any atom is 0.324 e. The van der Waals surface area contributed by atoms with Crippen LogP contribution in [0.2, 0.25) is 0 Å². The minimum absolute atomic E-state index is 0.00386. The number of carbonyl (C=O) groups excluding carboxylic acids is 5. The fourth-order valence-electron chi connectivity index (χ4n) is 10.1. The monoisotopic (exact) mass is 903 g/mol. The van der Waals surface area contributed by atoms with E-state index in [2.05, 4.69) is 78.8 Å². The highest BCUT2D eigenvalue weighted by molar-refractivity contribution is 5.96. The van der Waals surface area contributed by atoms with Crippen molar-refractivity contribution in [2.24, 2.45) is 17.3 Å². The number of ether oxygens (including phenoxy) is 1. The molecule has 4 aliphatic rings. The van der Waals surface area contributed by atoms with Crippen molar-refractivity contribution >= 4 is 40.5 Å². The van der Waals surface area contributed by atoms with Crippen LogP contribution in [-0.2, 0) is 48.1 Å². The zero-order chi connectivity index (χ0) is 47.2. The molecule has 8 rings (SSSR count). The van der Waals surface area contributed by atoms with Crippen molar-refractivity contribution in [1.82, 2.24) is 40.8 Å². The summed E-state index contributed by atoms with van der Waals surface area (Å²) >= 11 is 0. The molecule has 1 aliphatic carbocycles. The lowest BCUT2D eigenvalue weighted by Gasteiger charge is -2.36. The highest BCUT2D eigenvalue weighted by atomic mass is 16.5. The largest absolute Gasteiger partial charge is 0.508 e. The van der Waals surface area contributed by atoms with Gasteiger partial charge in [0.1, 0.15) is 29.9 Å². The van der Waals surface area contributed by atoms with Gasteiger partial charge in [0.25, 0.3) is 5.91 Å². The van der Waals surface area contributed by atoms with E-state index in [0.717, 1.165) is 57.4 Å². The molecule has 5 atom stereocenters. The second kappa shape index (κ2) is 18.8. The van der Waals surface area contributed by atoms with Crippen molar-refractivity contribution in [1.29, 1.82) is 0 Å². The van der Waals surface area contributed by atoms with Gasteiger partial charge in [0, 0.05) is 60.7 Å². The number of likely N-dealkylation sites (N-methyl/N-ethyl adjacent to an activating group) is 1. The number of fused-ring (bicyclic) bond motifs is 6. The van der Waals surface area contributed by atoms with Crippen molar-refractivity contribution in [2.75, 3.05) is 26.7 Å². The Morgan fingerprint density at radius 1 is 1.03 bits per heavy atom. The van der Waals surface area contributed by atoms with E-state index in [4.69, 9.17) is 9.72 Å². The molecule has 4 aromatic rings. The Bertz CT molecular complexity index is 2530. The maximum absolute atomic E-state index is 14.7. The van der Waals surface area contributed by atoms with Crippen LogP contribution in [0.3, 0.4) is 0 Å². The topological polar surface area (TPSA) is 197 Å². The van der Waals surface area contributed by atoms with E-state index in [1.165, 1.54) is 17.0 Å². The van der Waals surface area contributed by atoms with E-state index in [1.54, 1.807) is 12.1 Å². The van der Waals surface area contributed by atoms with Crippen molar-refractivity contribution < 1.29 is 33.8 Å². The Morgan fingerprint density at radius 2 is 1.80 bits per heavy atom. The summed E-state index contributed by atoms with van der Waals surface area (Å²) in [7, 11) is 1.53. The number of rotatable bonds is 11. The lowest BCUT2D eigenvalue weighted by atomic mass is 9.83. The number of phenolic OH excluding ortho intramolecular Hbond substituents is 1. The molecular weight excluding hydrogens is 837 g/mol. The quantitative estimate of drug-likeness (QED) is 0.0984. The van der Waals surface area contributed by atoms with E-state index < -0.39 is 47.2 Å². The summed E-state index contributed by atoms with van der Waals surface area (Å²) in [5.41, 5.74) is 10.0. The van der Waals surface area contributed by atoms with Crippen LogP contribution >= 0.6 is 0 Å². The van der Waals surface area contributed by atoms with Gasteiger partial charge in [-0.25, -0.2) is 5.43 Å². The van der Waals surface area contributed by atoms with Crippen LogP contribution in [0.25, 0.3) is 33.3 Å². The predicted octanol–water partition coefficient (Wildman–Crippen LogP) is 5.22. The van der Waals surface area contributed by atoms with E-state index in [1.807, 2.05) is 38.2 Å². The smallest absolute Gasteiger partial charge is 0.324 e. The summed E-state index contributed by atoms with van der Waals surface area (Å²) < 4.78 is 8.44. The minimum Gasteiger partial charge on any atom is -0.508 e. The summed E-state index contributed by atoms with van der Waals surface area (Å²) in [5.74, 6) is -1.87. The maximum atomic E-state index is 14.7. The average Bonchev–Trinajstić information content (AvgIpc) is 4.23. The van der Waals surface area contributed by atoms with Gasteiger partial charge in [-0.3, -0.25) is 39.3 Å². The Hall–Kier alpha value is -5.80. The fraction of sp³-hybridized carbons (Fsp3) is 0.529. The Labute approximate surface area is 387 Å². The molecule has 4 amide bonds. The number of aryl methyl sites for hydroxylation is 1. The first-order valence-corrected chi connectivity index (χ1v) is 23.7. The van der Waals surface area contributed by atoms with Crippen molar-refractivity contribution in [3.05, 3.63) is 71.5 Å². The van der Waals surface area contributed by atoms with Gasteiger partial charge in [0.2, 0.25) is 17.7 Å². The number of phenols is 1.